The van der Waals surface area contributed by atoms with Gasteiger partial charge in [0.15, 0.2) is 12.2 Å². The first-order chi connectivity index (χ1) is 17.6. The minimum absolute atomic E-state index is 0.0183. The molecule has 0 bridgehead atoms. The van der Waals surface area contributed by atoms with Gasteiger partial charge in [0.1, 0.15) is 18.5 Å². The fourth-order valence-electron chi connectivity index (χ4n) is 3.87. The maximum absolute atomic E-state index is 12.8. The molecule has 0 unspecified atom stereocenters. The first-order valence-electron chi connectivity index (χ1n) is 11.4. The first kappa shape index (κ1) is 27.3. The van der Waals surface area contributed by atoms with E-state index in [9.17, 15) is 24.5 Å². The van der Waals surface area contributed by atoms with Gasteiger partial charge >= 0.3 is 17.9 Å². The number of esters is 3. The molecule has 1 saturated heterocycles. The maximum Gasteiger partial charge on any atom is 0.338 e. The average Bonchev–Trinajstić information content (AvgIpc) is 3.14. The van der Waals surface area contributed by atoms with Crippen molar-refractivity contribution in [2.45, 2.75) is 51.8 Å². The number of nitro benzene ring substituents is 1. The van der Waals surface area contributed by atoms with Crippen molar-refractivity contribution in [3.05, 3.63) is 75.3 Å². The molecular formula is C26H27NO10. The van der Waals surface area contributed by atoms with Crippen molar-refractivity contribution in [2.24, 2.45) is 0 Å². The van der Waals surface area contributed by atoms with Crippen molar-refractivity contribution in [3.63, 3.8) is 0 Å². The molecule has 11 nitrogen and oxygen atoms in total. The summed E-state index contributed by atoms with van der Waals surface area (Å²) in [4.78, 5) is 46.2. The number of rotatable bonds is 9. The average molecular weight is 513 g/mol. The minimum atomic E-state index is -1.000. The van der Waals surface area contributed by atoms with E-state index in [4.69, 9.17) is 23.7 Å². The summed E-state index contributed by atoms with van der Waals surface area (Å²) in [7, 11) is 1.50. The first-order valence-corrected chi connectivity index (χ1v) is 11.4. The van der Waals surface area contributed by atoms with E-state index in [-0.39, 0.29) is 17.9 Å². The molecule has 0 spiro atoms. The van der Waals surface area contributed by atoms with Crippen LogP contribution in [0, 0.1) is 10.1 Å². The molecule has 37 heavy (non-hydrogen) atoms. The lowest BCUT2D eigenvalue weighted by Gasteiger charge is -2.22. The van der Waals surface area contributed by atoms with Gasteiger partial charge in [-0.3, -0.25) is 19.7 Å². The number of carbonyl (C=O) groups is 3. The van der Waals surface area contributed by atoms with E-state index in [1.807, 2.05) is 0 Å². The number of carbonyl (C=O) groups excluding carboxylic acids is 3. The van der Waals surface area contributed by atoms with Gasteiger partial charge in [-0.15, -0.1) is 0 Å². The zero-order valence-corrected chi connectivity index (χ0v) is 20.7. The van der Waals surface area contributed by atoms with Gasteiger partial charge in [-0.05, 0) is 30.7 Å². The normalized spacial score (nSPS) is 20.9. The number of ether oxygens (including phenoxy) is 5. The number of methoxy groups -OCH3 is 1. The van der Waals surface area contributed by atoms with Crippen LogP contribution in [0.3, 0.4) is 0 Å². The molecule has 0 aromatic heterocycles. The van der Waals surface area contributed by atoms with Crippen LogP contribution in [0.15, 0.2) is 48.5 Å². The van der Waals surface area contributed by atoms with Crippen LogP contribution in [0.25, 0.3) is 6.08 Å². The maximum atomic E-state index is 12.8. The van der Waals surface area contributed by atoms with E-state index in [0.717, 1.165) is 0 Å². The van der Waals surface area contributed by atoms with E-state index < -0.39 is 47.2 Å². The third kappa shape index (κ3) is 6.91. The number of non-ortho nitro benzene ring substituents is 1. The lowest BCUT2D eigenvalue weighted by molar-refractivity contribution is -0.384. The monoisotopic (exact) mass is 513 g/mol. The fourth-order valence-corrected chi connectivity index (χ4v) is 3.87. The van der Waals surface area contributed by atoms with Crippen LogP contribution in [0.4, 0.5) is 5.69 Å². The predicted molar refractivity (Wildman–Crippen MR) is 130 cm³/mol. The van der Waals surface area contributed by atoms with Crippen LogP contribution in [-0.4, -0.2) is 54.4 Å². The van der Waals surface area contributed by atoms with Gasteiger partial charge in [0.2, 0.25) is 0 Å². The molecule has 0 saturated carbocycles. The van der Waals surface area contributed by atoms with Crippen molar-refractivity contribution in [1.29, 1.82) is 0 Å². The molecule has 4 atom stereocenters. The van der Waals surface area contributed by atoms with Gasteiger partial charge in [0, 0.05) is 31.5 Å². The molecule has 11 heteroatoms. The largest absolute Gasteiger partial charge is 0.496 e. The molecule has 2 aromatic rings. The van der Waals surface area contributed by atoms with E-state index in [2.05, 4.69) is 0 Å². The molecular weight excluding hydrogens is 486 g/mol. The van der Waals surface area contributed by atoms with E-state index >= 15 is 0 Å². The Hall–Kier alpha value is -4.25. The highest BCUT2D eigenvalue weighted by Crippen LogP contribution is 2.30. The smallest absolute Gasteiger partial charge is 0.338 e. The Balaban J connectivity index is 1.88. The molecule has 2 aromatic carbocycles. The Morgan fingerprint density at radius 2 is 1.73 bits per heavy atom. The highest BCUT2D eigenvalue weighted by Gasteiger charge is 2.46. The Bertz CT molecular complexity index is 1190. The van der Waals surface area contributed by atoms with Gasteiger partial charge in [-0.2, -0.15) is 0 Å². The van der Waals surface area contributed by atoms with E-state index in [1.165, 1.54) is 45.2 Å². The van der Waals surface area contributed by atoms with Gasteiger partial charge in [0.25, 0.3) is 5.69 Å². The fraction of sp³-hybridized carbons (Fsp3) is 0.346. The van der Waals surface area contributed by atoms with Crippen molar-refractivity contribution >= 4 is 29.7 Å². The van der Waals surface area contributed by atoms with Crippen LogP contribution in [0.5, 0.6) is 5.75 Å². The topological polar surface area (TPSA) is 141 Å². The second-order valence-electron chi connectivity index (χ2n) is 8.22. The number of hydrogen-bond donors (Lipinski definition) is 0. The molecule has 196 valence electrons. The number of hydrogen-bond acceptors (Lipinski definition) is 10. The van der Waals surface area contributed by atoms with Gasteiger partial charge in [0.05, 0.1) is 23.7 Å². The van der Waals surface area contributed by atoms with Crippen LogP contribution in [0.1, 0.15) is 42.3 Å². The highest BCUT2D eigenvalue weighted by atomic mass is 16.6. The second-order valence-corrected chi connectivity index (χ2v) is 8.22. The quantitative estimate of drug-likeness (QED) is 0.211. The second kappa shape index (κ2) is 12.1. The molecule has 0 aliphatic carbocycles. The Labute approximate surface area is 213 Å². The van der Waals surface area contributed by atoms with E-state index in [1.54, 1.807) is 37.3 Å². The van der Waals surface area contributed by atoms with Gasteiger partial charge < -0.3 is 23.7 Å². The highest BCUT2D eigenvalue weighted by molar-refractivity contribution is 5.89. The molecule has 0 amide bonds. The molecule has 3 rings (SSSR count). The molecule has 0 N–H and O–H groups in total. The summed E-state index contributed by atoms with van der Waals surface area (Å²) in [5, 5.41) is 10.9. The minimum Gasteiger partial charge on any atom is -0.496 e. The van der Waals surface area contributed by atoms with Crippen molar-refractivity contribution in [3.8, 4) is 5.75 Å². The summed E-state index contributed by atoms with van der Waals surface area (Å²) >= 11 is 0. The van der Waals surface area contributed by atoms with Crippen LogP contribution in [0.2, 0.25) is 0 Å². The summed E-state index contributed by atoms with van der Waals surface area (Å²) < 4.78 is 27.6. The molecule has 1 aliphatic heterocycles. The summed E-state index contributed by atoms with van der Waals surface area (Å²) in [5.74, 6) is -1.26. The van der Waals surface area contributed by atoms with Crippen molar-refractivity contribution < 1.29 is 43.0 Å². The summed E-state index contributed by atoms with van der Waals surface area (Å²) in [5.41, 5.74) is 1.22. The third-order valence-electron chi connectivity index (χ3n) is 5.62. The van der Waals surface area contributed by atoms with Crippen LogP contribution in [-0.2, 0) is 35.1 Å². The summed E-state index contributed by atoms with van der Waals surface area (Å²) in [6.45, 7) is 4.21. The van der Waals surface area contributed by atoms with Crippen LogP contribution >= 0.6 is 0 Å². The molecule has 1 aliphatic rings. The third-order valence-corrected chi connectivity index (χ3v) is 5.62. The molecule has 1 heterocycles. The zero-order valence-electron chi connectivity index (χ0n) is 20.7. The SMILES string of the molecule is COc1cccc(/C=C/[C@H]2O[C@@H](C)[C@H](OC(C)=O)[C@@H]2OC(=O)c2ccc([N+](=O)[O-])cc2)c1COC(C)=O. The standard InChI is InChI=1S/C26H27NO10/c1-15-24(36-17(3)29)25(37-26(30)19-8-11-20(12-9-19)27(31)32)23(35-15)13-10-18-6-5-7-22(33-4)21(18)14-34-16(2)28/h5-13,15,23-25H,14H2,1-4H3/b13-10+/t15-,23+,24-,25+/m0/s1. The molecule has 1 fully saturated rings. The van der Waals surface area contributed by atoms with E-state index in [0.29, 0.717) is 16.9 Å². The van der Waals surface area contributed by atoms with Crippen molar-refractivity contribution in [2.75, 3.05) is 7.11 Å². The summed E-state index contributed by atoms with van der Waals surface area (Å²) in [6.07, 6.45) is 0.0787. The lowest BCUT2D eigenvalue weighted by atomic mass is 10.0. The Morgan fingerprint density at radius 3 is 2.32 bits per heavy atom. The Kier molecular flexibility index (Phi) is 8.96. The summed E-state index contributed by atoms with van der Waals surface area (Å²) in [6, 6.07) is 10.2. The lowest BCUT2D eigenvalue weighted by Crippen LogP contribution is -2.39. The Morgan fingerprint density at radius 1 is 1.03 bits per heavy atom. The predicted octanol–water partition coefficient (Wildman–Crippen LogP) is 3.62. The van der Waals surface area contributed by atoms with Crippen molar-refractivity contribution in [1.82, 2.24) is 0 Å². The van der Waals surface area contributed by atoms with Gasteiger partial charge in [-0.25, -0.2) is 4.79 Å². The van der Waals surface area contributed by atoms with Crippen LogP contribution < -0.4 is 4.74 Å². The number of benzene rings is 2. The number of nitrogens with zero attached hydrogens (tertiary/aromatic N) is 1. The molecule has 0 radical (unpaired) electrons. The van der Waals surface area contributed by atoms with Gasteiger partial charge in [-0.1, -0.05) is 24.3 Å². The zero-order chi connectivity index (χ0) is 27.1. The number of nitro groups is 1.